The van der Waals surface area contributed by atoms with E-state index in [1.54, 1.807) is 6.07 Å². The van der Waals surface area contributed by atoms with Crippen LogP contribution in [0, 0.1) is 0 Å². The largest absolute Gasteiger partial charge is 0.366 e. The third-order valence-electron chi connectivity index (χ3n) is 2.19. The minimum absolute atomic E-state index is 0.599. The van der Waals surface area contributed by atoms with E-state index in [1.807, 2.05) is 30.3 Å². The van der Waals surface area contributed by atoms with Crippen molar-refractivity contribution >= 4 is 44.9 Å². The first kappa shape index (κ1) is 12.7. The number of rotatable bonds is 3. The van der Waals surface area contributed by atoms with E-state index in [-0.39, 0.29) is 0 Å². The minimum atomic E-state index is 0.599. The molecule has 0 aliphatic rings. The number of nitrogens with one attached hydrogen (secondary N) is 1. The highest BCUT2D eigenvalue weighted by Gasteiger charge is 2.00. The predicted molar refractivity (Wildman–Crippen MR) is 75.7 cm³/mol. The molecular formula is C12H9BrCl2N2. The molecule has 0 bridgehead atoms. The average Bonchev–Trinajstić information content (AvgIpc) is 2.33. The molecule has 88 valence electrons. The van der Waals surface area contributed by atoms with Crippen molar-refractivity contribution in [1.29, 1.82) is 0 Å². The molecule has 1 N–H and O–H groups in total. The summed E-state index contributed by atoms with van der Waals surface area (Å²) in [5.74, 6) is 0.774. The van der Waals surface area contributed by atoms with Gasteiger partial charge in [-0.1, -0.05) is 35.3 Å². The van der Waals surface area contributed by atoms with Crippen LogP contribution in [0.15, 0.2) is 41.0 Å². The molecule has 2 rings (SSSR count). The molecular weight excluding hydrogens is 323 g/mol. The summed E-state index contributed by atoms with van der Waals surface area (Å²) in [6.45, 7) is 0.693. The number of nitrogens with zero attached hydrogens (tertiary/aromatic N) is 1. The Labute approximate surface area is 118 Å². The topological polar surface area (TPSA) is 24.9 Å². The van der Waals surface area contributed by atoms with Crippen LogP contribution in [0.5, 0.6) is 0 Å². The second kappa shape index (κ2) is 5.71. The molecule has 0 atom stereocenters. The molecule has 0 saturated heterocycles. The molecule has 17 heavy (non-hydrogen) atoms. The first-order valence-electron chi connectivity index (χ1n) is 4.95. The molecule has 1 aromatic carbocycles. The van der Waals surface area contributed by atoms with E-state index in [4.69, 9.17) is 23.2 Å². The second-order valence-corrected chi connectivity index (χ2v) is 5.04. The van der Waals surface area contributed by atoms with Crippen LogP contribution in [-0.2, 0) is 6.54 Å². The van der Waals surface area contributed by atoms with Gasteiger partial charge in [0.2, 0.25) is 0 Å². The molecule has 5 heteroatoms. The third-order valence-corrected chi connectivity index (χ3v) is 3.58. The zero-order valence-electron chi connectivity index (χ0n) is 8.75. The molecule has 0 aliphatic heterocycles. The average molecular weight is 332 g/mol. The molecule has 0 unspecified atom stereocenters. The number of anilines is 1. The summed E-state index contributed by atoms with van der Waals surface area (Å²) in [5, 5.41) is 4.54. The maximum absolute atomic E-state index is 5.86. The van der Waals surface area contributed by atoms with Crippen LogP contribution < -0.4 is 5.32 Å². The summed E-state index contributed by atoms with van der Waals surface area (Å²) < 4.78 is 0.639. The zero-order chi connectivity index (χ0) is 12.3. The minimum Gasteiger partial charge on any atom is -0.366 e. The van der Waals surface area contributed by atoms with Gasteiger partial charge in [0.15, 0.2) is 0 Å². The lowest BCUT2D eigenvalue weighted by atomic mass is 10.2. The van der Waals surface area contributed by atoms with Crippen LogP contribution in [0.2, 0.25) is 10.0 Å². The predicted octanol–water partition coefficient (Wildman–Crippen LogP) is 4.76. The van der Waals surface area contributed by atoms with E-state index in [9.17, 15) is 0 Å². The van der Waals surface area contributed by atoms with Crippen LogP contribution in [0.3, 0.4) is 0 Å². The number of hydrogen-bond acceptors (Lipinski definition) is 2. The fourth-order valence-electron chi connectivity index (χ4n) is 1.31. The van der Waals surface area contributed by atoms with Crippen molar-refractivity contribution in [3.63, 3.8) is 0 Å². The Morgan fingerprint density at radius 3 is 2.41 bits per heavy atom. The van der Waals surface area contributed by atoms with Crippen molar-refractivity contribution in [2.45, 2.75) is 6.54 Å². The van der Waals surface area contributed by atoms with E-state index in [0.717, 1.165) is 16.4 Å². The van der Waals surface area contributed by atoms with Gasteiger partial charge in [-0.25, -0.2) is 4.98 Å². The van der Waals surface area contributed by atoms with E-state index in [0.29, 0.717) is 16.2 Å². The van der Waals surface area contributed by atoms with Gasteiger partial charge in [-0.15, -0.1) is 0 Å². The highest BCUT2D eigenvalue weighted by Crippen LogP contribution is 2.22. The van der Waals surface area contributed by atoms with Gasteiger partial charge >= 0.3 is 0 Å². The fraction of sp³-hybridized carbons (Fsp3) is 0.0833. The van der Waals surface area contributed by atoms with E-state index >= 15 is 0 Å². The van der Waals surface area contributed by atoms with Gasteiger partial charge in [-0.2, -0.15) is 0 Å². The van der Waals surface area contributed by atoms with Gasteiger partial charge in [0, 0.05) is 11.6 Å². The Balaban J connectivity index is 2.02. The van der Waals surface area contributed by atoms with Gasteiger partial charge in [0.1, 0.15) is 10.4 Å². The lowest BCUT2D eigenvalue weighted by molar-refractivity contribution is 1.10. The summed E-state index contributed by atoms with van der Waals surface area (Å²) >= 11 is 15.0. The summed E-state index contributed by atoms with van der Waals surface area (Å²) in [5.41, 5.74) is 1.14. The first-order valence-corrected chi connectivity index (χ1v) is 6.50. The monoisotopic (exact) mass is 330 g/mol. The van der Waals surface area contributed by atoms with Crippen LogP contribution in [0.1, 0.15) is 5.56 Å². The fourth-order valence-corrected chi connectivity index (χ4v) is 1.87. The molecule has 1 heterocycles. The highest BCUT2D eigenvalue weighted by molar-refractivity contribution is 9.10. The number of halogens is 3. The molecule has 0 amide bonds. The Morgan fingerprint density at radius 1 is 1.06 bits per heavy atom. The quantitative estimate of drug-likeness (QED) is 0.820. The standard InChI is InChI=1S/C12H9BrCl2N2/c13-12-10(15)5-6-11(17-12)16-7-8-1-3-9(14)4-2-8/h1-6H,7H2,(H,16,17). The first-order chi connectivity index (χ1) is 8.15. The number of benzene rings is 1. The summed E-state index contributed by atoms with van der Waals surface area (Å²) in [6, 6.07) is 11.3. The number of pyridine rings is 1. The Kier molecular flexibility index (Phi) is 4.26. The van der Waals surface area contributed by atoms with Crippen molar-refractivity contribution in [1.82, 2.24) is 4.98 Å². The van der Waals surface area contributed by atoms with Crippen molar-refractivity contribution < 1.29 is 0 Å². The second-order valence-electron chi connectivity index (χ2n) is 3.45. The SMILES string of the molecule is Clc1ccc(CNc2ccc(Cl)c(Br)n2)cc1. The lowest BCUT2D eigenvalue weighted by Crippen LogP contribution is -2.01. The molecule has 0 aliphatic carbocycles. The normalized spacial score (nSPS) is 10.3. The van der Waals surface area contributed by atoms with Crippen molar-refractivity contribution in [2.24, 2.45) is 0 Å². The van der Waals surface area contributed by atoms with Crippen LogP contribution in [0.25, 0.3) is 0 Å². The molecule has 0 fully saturated rings. The summed E-state index contributed by atoms with van der Waals surface area (Å²) in [6.07, 6.45) is 0. The van der Waals surface area contributed by atoms with Crippen LogP contribution >= 0.6 is 39.1 Å². The molecule has 2 nitrogen and oxygen atoms in total. The molecule has 2 aromatic rings. The van der Waals surface area contributed by atoms with Crippen molar-refractivity contribution in [3.8, 4) is 0 Å². The van der Waals surface area contributed by atoms with Gasteiger partial charge in [0.05, 0.1) is 5.02 Å². The van der Waals surface area contributed by atoms with E-state index in [1.165, 1.54) is 0 Å². The van der Waals surface area contributed by atoms with Gasteiger partial charge in [0.25, 0.3) is 0 Å². The van der Waals surface area contributed by atoms with E-state index < -0.39 is 0 Å². The smallest absolute Gasteiger partial charge is 0.127 e. The van der Waals surface area contributed by atoms with E-state index in [2.05, 4.69) is 26.2 Å². The lowest BCUT2D eigenvalue weighted by Gasteiger charge is -2.06. The van der Waals surface area contributed by atoms with Crippen LogP contribution in [0.4, 0.5) is 5.82 Å². The molecule has 1 aromatic heterocycles. The summed E-state index contributed by atoms with van der Waals surface area (Å²) in [4.78, 5) is 4.25. The maximum Gasteiger partial charge on any atom is 0.127 e. The maximum atomic E-state index is 5.86. The Hall–Kier alpha value is -0.770. The Morgan fingerprint density at radius 2 is 1.76 bits per heavy atom. The van der Waals surface area contributed by atoms with Gasteiger partial charge in [-0.3, -0.25) is 0 Å². The molecule has 0 spiro atoms. The summed E-state index contributed by atoms with van der Waals surface area (Å²) in [7, 11) is 0. The zero-order valence-corrected chi connectivity index (χ0v) is 11.9. The number of hydrogen-bond donors (Lipinski definition) is 1. The van der Waals surface area contributed by atoms with Crippen LogP contribution in [-0.4, -0.2) is 4.98 Å². The van der Waals surface area contributed by atoms with Crippen molar-refractivity contribution in [2.75, 3.05) is 5.32 Å². The highest BCUT2D eigenvalue weighted by atomic mass is 79.9. The van der Waals surface area contributed by atoms with Gasteiger partial charge < -0.3 is 5.32 Å². The third kappa shape index (κ3) is 3.60. The van der Waals surface area contributed by atoms with Gasteiger partial charge in [-0.05, 0) is 45.8 Å². The number of aromatic nitrogens is 1. The van der Waals surface area contributed by atoms with Crippen molar-refractivity contribution in [3.05, 3.63) is 56.6 Å². The Bertz CT molecular complexity index is 514. The molecule has 0 saturated carbocycles. The molecule has 0 radical (unpaired) electrons.